The van der Waals surface area contributed by atoms with Crippen molar-refractivity contribution in [3.8, 4) is 11.8 Å². The summed E-state index contributed by atoms with van der Waals surface area (Å²) in [6.07, 6.45) is 0. The fraction of sp³-hybridized carbons (Fsp3) is 0.364. The number of nitrogens with zero attached hydrogens (tertiary/aromatic N) is 1. The molecule has 0 aromatic heterocycles. The van der Waals surface area contributed by atoms with Gasteiger partial charge in [-0.1, -0.05) is 0 Å². The van der Waals surface area contributed by atoms with Crippen LogP contribution in [0.25, 0.3) is 0 Å². The van der Waals surface area contributed by atoms with Crippen LogP contribution in [0.4, 0.5) is 5.69 Å². The SMILES string of the molecule is CNCCNc1cc(OC)ccc1C#N. The van der Waals surface area contributed by atoms with Crippen LogP contribution in [0.2, 0.25) is 0 Å². The Morgan fingerprint density at radius 3 is 2.80 bits per heavy atom. The van der Waals surface area contributed by atoms with E-state index in [1.54, 1.807) is 19.2 Å². The van der Waals surface area contributed by atoms with Gasteiger partial charge in [-0.2, -0.15) is 5.26 Å². The van der Waals surface area contributed by atoms with Crippen molar-refractivity contribution in [3.63, 3.8) is 0 Å². The summed E-state index contributed by atoms with van der Waals surface area (Å²) >= 11 is 0. The van der Waals surface area contributed by atoms with E-state index >= 15 is 0 Å². The van der Waals surface area contributed by atoms with Crippen molar-refractivity contribution >= 4 is 5.69 Å². The second-order valence-corrected chi connectivity index (χ2v) is 3.05. The molecule has 0 saturated heterocycles. The molecule has 4 heteroatoms. The maximum atomic E-state index is 8.89. The molecule has 0 radical (unpaired) electrons. The quantitative estimate of drug-likeness (QED) is 0.709. The van der Waals surface area contributed by atoms with Crippen molar-refractivity contribution in [2.75, 3.05) is 32.6 Å². The lowest BCUT2D eigenvalue weighted by Gasteiger charge is -2.09. The number of methoxy groups -OCH3 is 1. The number of hydrogen-bond acceptors (Lipinski definition) is 4. The Morgan fingerprint density at radius 2 is 2.20 bits per heavy atom. The highest BCUT2D eigenvalue weighted by Crippen LogP contribution is 2.21. The highest BCUT2D eigenvalue weighted by Gasteiger charge is 2.02. The molecule has 0 aliphatic heterocycles. The number of rotatable bonds is 5. The Balaban J connectivity index is 2.78. The number of hydrogen-bond donors (Lipinski definition) is 2. The summed E-state index contributed by atoms with van der Waals surface area (Å²) in [5.74, 6) is 0.751. The summed E-state index contributed by atoms with van der Waals surface area (Å²) in [5, 5.41) is 15.1. The summed E-state index contributed by atoms with van der Waals surface area (Å²) in [6.45, 7) is 1.63. The lowest BCUT2D eigenvalue weighted by Crippen LogP contribution is -2.18. The van der Waals surface area contributed by atoms with E-state index in [0.29, 0.717) is 5.56 Å². The standard InChI is InChI=1S/C11H15N3O/c1-13-5-6-14-11-7-10(15-2)4-3-9(11)8-12/h3-4,7,13-14H,5-6H2,1-2H3. The lowest BCUT2D eigenvalue weighted by molar-refractivity contribution is 0.415. The molecule has 0 saturated carbocycles. The van der Waals surface area contributed by atoms with E-state index in [9.17, 15) is 0 Å². The third kappa shape index (κ3) is 3.15. The molecule has 0 aliphatic carbocycles. The molecular formula is C11H15N3O. The minimum atomic E-state index is 0.631. The van der Waals surface area contributed by atoms with Crippen LogP contribution in [-0.4, -0.2) is 27.2 Å². The Morgan fingerprint density at radius 1 is 1.40 bits per heavy atom. The van der Waals surface area contributed by atoms with Gasteiger partial charge in [0.1, 0.15) is 11.8 Å². The van der Waals surface area contributed by atoms with Gasteiger partial charge in [0.05, 0.1) is 18.4 Å². The number of nitrogens with one attached hydrogen (secondary N) is 2. The molecule has 1 aromatic rings. The Bertz CT molecular complexity index is 357. The Kier molecular flexibility index (Phi) is 4.45. The molecule has 15 heavy (non-hydrogen) atoms. The molecule has 0 bridgehead atoms. The molecule has 0 fully saturated rings. The normalized spacial score (nSPS) is 9.40. The van der Waals surface area contributed by atoms with Crippen LogP contribution in [0.1, 0.15) is 5.56 Å². The number of likely N-dealkylation sites (N-methyl/N-ethyl adjacent to an activating group) is 1. The average Bonchev–Trinajstić information content (AvgIpc) is 2.29. The zero-order chi connectivity index (χ0) is 11.1. The zero-order valence-electron chi connectivity index (χ0n) is 9.00. The van der Waals surface area contributed by atoms with Gasteiger partial charge in [0.15, 0.2) is 0 Å². The van der Waals surface area contributed by atoms with Crippen LogP contribution in [0.5, 0.6) is 5.75 Å². The Hall–Kier alpha value is -1.73. The largest absolute Gasteiger partial charge is 0.497 e. The predicted molar refractivity (Wildman–Crippen MR) is 60.1 cm³/mol. The van der Waals surface area contributed by atoms with Gasteiger partial charge in [-0.25, -0.2) is 0 Å². The minimum Gasteiger partial charge on any atom is -0.497 e. The van der Waals surface area contributed by atoms with E-state index in [0.717, 1.165) is 24.5 Å². The first-order valence-corrected chi connectivity index (χ1v) is 4.78. The molecule has 1 rings (SSSR count). The maximum Gasteiger partial charge on any atom is 0.121 e. The first-order chi connectivity index (χ1) is 7.31. The second-order valence-electron chi connectivity index (χ2n) is 3.05. The molecular weight excluding hydrogens is 190 g/mol. The van der Waals surface area contributed by atoms with E-state index in [2.05, 4.69) is 16.7 Å². The summed E-state index contributed by atoms with van der Waals surface area (Å²) in [7, 11) is 3.50. The van der Waals surface area contributed by atoms with Crippen molar-refractivity contribution in [2.45, 2.75) is 0 Å². The molecule has 4 nitrogen and oxygen atoms in total. The van der Waals surface area contributed by atoms with Gasteiger partial charge in [-0.3, -0.25) is 0 Å². The van der Waals surface area contributed by atoms with E-state index in [-0.39, 0.29) is 0 Å². The van der Waals surface area contributed by atoms with Gasteiger partial charge in [0.25, 0.3) is 0 Å². The van der Waals surface area contributed by atoms with E-state index < -0.39 is 0 Å². The fourth-order valence-corrected chi connectivity index (χ4v) is 1.22. The predicted octanol–water partition coefficient (Wildman–Crippen LogP) is 1.20. The van der Waals surface area contributed by atoms with Crippen LogP contribution < -0.4 is 15.4 Å². The van der Waals surface area contributed by atoms with Crippen molar-refractivity contribution < 1.29 is 4.74 Å². The molecule has 0 amide bonds. The maximum absolute atomic E-state index is 8.89. The zero-order valence-corrected chi connectivity index (χ0v) is 9.00. The van der Waals surface area contributed by atoms with Crippen LogP contribution in [-0.2, 0) is 0 Å². The molecule has 80 valence electrons. The summed E-state index contributed by atoms with van der Waals surface area (Å²) in [5.41, 5.74) is 1.44. The topological polar surface area (TPSA) is 57.1 Å². The van der Waals surface area contributed by atoms with Crippen LogP contribution >= 0.6 is 0 Å². The molecule has 0 spiro atoms. The Labute approximate surface area is 89.9 Å². The first kappa shape index (κ1) is 11.3. The van der Waals surface area contributed by atoms with Crippen molar-refractivity contribution in [3.05, 3.63) is 23.8 Å². The smallest absolute Gasteiger partial charge is 0.121 e. The third-order valence-corrected chi connectivity index (χ3v) is 2.04. The third-order valence-electron chi connectivity index (χ3n) is 2.04. The van der Waals surface area contributed by atoms with Crippen molar-refractivity contribution in [1.82, 2.24) is 5.32 Å². The number of anilines is 1. The fourth-order valence-electron chi connectivity index (χ4n) is 1.22. The number of benzene rings is 1. The van der Waals surface area contributed by atoms with Gasteiger partial charge in [-0.15, -0.1) is 0 Å². The van der Waals surface area contributed by atoms with Crippen LogP contribution in [0, 0.1) is 11.3 Å². The van der Waals surface area contributed by atoms with Crippen LogP contribution in [0.3, 0.4) is 0 Å². The highest BCUT2D eigenvalue weighted by atomic mass is 16.5. The monoisotopic (exact) mass is 205 g/mol. The van der Waals surface area contributed by atoms with Crippen LogP contribution in [0.15, 0.2) is 18.2 Å². The van der Waals surface area contributed by atoms with E-state index in [1.807, 2.05) is 13.1 Å². The summed E-state index contributed by atoms with van der Waals surface area (Å²) in [4.78, 5) is 0. The van der Waals surface area contributed by atoms with E-state index in [1.165, 1.54) is 0 Å². The molecule has 0 atom stereocenters. The first-order valence-electron chi connectivity index (χ1n) is 4.78. The second kappa shape index (κ2) is 5.89. The molecule has 0 unspecified atom stereocenters. The number of nitriles is 1. The minimum absolute atomic E-state index is 0.631. The number of ether oxygens (including phenoxy) is 1. The highest BCUT2D eigenvalue weighted by molar-refractivity contribution is 5.60. The van der Waals surface area contributed by atoms with Gasteiger partial charge in [0, 0.05) is 19.2 Å². The van der Waals surface area contributed by atoms with Gasteiger partial charge in [-0.05, 0) is 19.2 Å². The molecule has 0 heterocycles. The van der Waals surface area contributed by atoms with Crippen molar-refractivity contribution in [1.29, 1.82) is 5.26 Å². The molecule has 1 aromatic carbocycles. The van der Waals surface area contributed by atoms with Crippen molar-refractivity contribution in [2.24, 2.45) is 0 Å². The average molecular weight is 205 g/mol. The summed E-state index contributed by atoms with van der Waals surface area (Å²) in [6, 6.07) is 7.49. The summed E-state index contributed by atoms with van der Waals surface area (Å²) < 4.78 is 5.10. The molecule has 0 aliphatic rings. The molecule has 2 N–H and O–H groups in total. The van der Waals surface area contributed by atoms with Gasteiger partial charge < -0.3 is 15.4 Å². The van der Waals surface area contributed by atoms with E-state index in [4.69, 9.17) is 10.00 Å². The van der Waals surface area contributed by atoms with Gasteiger partial charge in [0.2, 0.25) is 0 Å². The van der Waals surface area contributed by atoms with Gasteiger partial charge >= 0.3 is 0 Å². The lowest BCUT2D eigenvalue weighted by atomic mass is 10.2.